The molecular weight excluding hydrogens is 226 g/mol. The fourth-order valence-corrected chi connectivity index (χ4v) is 2.02. The first kappa shape index (κ1) is 13.8. The summed E-state index contributed by atoms with van der Waals surface area (Å²) >= 11 is 0. The number of likely N-dealkylation sites (tertiary alicyclic amines) is 1. The van der Waals surface area contributed by atoms with Crippen LogP contribution in [-0.4, -0.2) is 54.5 Å². The van der Waals surface area contributed by atoms with E-state index in [1.807, 2.05) is 0 Å². The van der Waals surface area contributed by atoms with Gasteiger partial charge in [-0.3, -0.25) is 4.79 Å². The normalized spacial score (nSPS) is 24.3. The van der Waals surface area contributed by atoms with Gasteiger partial charge in [0.1, 0.15) is 0 Å². The molecule has 98 valence electrons. The molecule has 1 aliphatic rings. The maximum absolute atomic E-state index is 11.5. The molecule has 1 N–H and O–H groups in total. The van der Waals surface area contributed by atoms with Crippen molar-refractivity contribution in [2.45, 2.75) is 38.3 Å². The molecule has 0 saturated carbocycles. The van der Waals surface area contributed by atoms with Crippen LogP contribution in [0.1, 0.15) is 26.2 Å². The van der Waals surface area contributed by atoms with Crippen LogP contribution in [0.3, 0.4) is 0 Å². The summed E-state index contributed by atoms with van der Waals surface area (Å²) in [5.41, 5.74) is 0. The Balaban J connectivity index is 2.66. The van der Waals surface area contributed by atoms with Gasteiger partial charge in [-0.05, 0) is 19.8 Å². The first-order chi connectivity index (χ1) is 8.10. The minimum absolute atomic E-state index is 0.00407. The predicted molar refractivity (Wildman–Crippen MR) is 59.4 cm³/mol. The molecule has 0 aromatic rings. The topological polar surface area (TPSA) is 76.1 Å². The molecule has 0 aromatic carbocycles. The van der Waals surface area contributed by atoms with Crippen molar-refractivity contribution in [2.24, 2.45) is 0 Å². The highest BCUT2D eigenvalue weighted by molar-refractivity contribution is 5.73. The number of aliphatic hydroxyl groups is 1. The molecule has 1 saturated heterocycles. The average Bonchev–Trinajstić information content (AvgIpc) is 2.31. The van der Waals surface area contributed by atoms with Gasteiger partial charge in [0, 0.05) is 6.54 Å². The third-order valence-corrected chi connectivity index (χ3v) is 2.83. The lowest BCUT2D eigenvalue weighted by molar-refractivity contribution is -0.146. The monoisotopic (exact) mass is 245 g/mol. The lowest BCUT2D eigenvalue weighted by Gasteiger charge is -2.37. The molecular formula is C11H19NO5. The Bertz CT molecular complexity index is 281. The van der Waals surface area contributed by atoms with Crippen LogP contribution in [0.2, 0.25) is 0 Å². The Hall–Kier alpha value is -1.30. The molecule has 2 atom stereocenters. The molecule has 1 amide bonds. The fourth-order valence-electron chi connectivity index (χ4n) is 2.02. The number of carbonyl (C=O) groups is 2. The van der Waals surface area contributed by atoms with Crippen molar-refractivity contribution in [3.05, 3.63) is 0 Å². The van der Waals surface area contributed by atoms with Crippen molar-refractivity contribution < 1.29 is 24.2 Å². The summed E-state index contributed by atoms with van der Waals surface area (Å²) in [7, 11) is 1.28. The summed E-state index contributed by atoms with van der Waals surface area (Å²) in [6.45, 7) is 2.50. The van der Waals surface area contributed by atoms with Gasteiger partial charge in [0.15, 0.2) is 0 Å². The molecule has 6 nitrogen and oxygen atoms in total. The van der Waals surface area contributed by atoms with Crippen LogP contribution in [0.25, 0.3) is 0 Å². The third-order valence-electron chi connectivity index (χ3n) is 2.83. The number of methoxy groups -OCH3 is 1. The van der Waals surface area contributed by atoms with Crippen molar-refractivity contribution in [1.29, 1.82) is 0 Å². The number of piperidine rings is 1. The zero-order valence-corrected chi connectivity index (χ0v) is 10.2. The molecule has 1 aliphatic heterocycles. The number of rotatable bonds is 3. The van der Waals surface area contributed by atoms with E-state index in [1.165, 1.54) is 12.0 Å². The van der Waals surface area contributed by atoms with E-state index >= 15 is 0 Å². The molecule has 17 heavy (non-hydrogen) atoms. The maximum atomic E-state index is 11.5. The first-order valence-corrected chi connectivity index (χ1v) is 5.78. The van der Waals surface area contributed by atoms with Crippen LogP contribution in [-0.2, 0) is 14.3 Å². The Morgan fingerprint density at radius 1 is 1.47 bits per heavy atom. The lowest BCUT2D eigenvalue weighted by Crippen LogP contribution is -2.52. The van der Waals surface area contributed by atoms with Crippen LogP contribution in [0.15, 0.2) is 0 Å². The van der Waals surface area contributed by atoms with Crippen molar-refractivity contribution in [2.75, 3.05) is 20.3 Å². The highest BCUT2D eigenvalue weighted by atomic mass is 16.5. The number of amides is 1. The van der Waals surface area contributed by atoms with Crippen LogP contribution >= 0.6 is 0 Å². The molecule has 1 heterocycles. The van der Waals surface area contributed by atoms with Crippen LogP contribution in [0.4, 0.5) is 4.79 Å². The standard InChI is InChI=1S/C11H19NO5/c1-3-17-10(14)7-8-9(13)5-4-6-12(8)11(15)16-2/h8-9,13H,3-7H2,1-2H3/t8-,9+/m1/s1. The number of hydrogen-bond donors (Lipinski definition) is 1. The Labute approximate surface area is 100 Å². The minimum atomic E-state index is -0.702. The Morgan fingerprint density at radius 2 is 2.18 bits per heavy atom. The molecule has 1 fully saturated rings. The molecule has 0 aliphatic carbocycles. The number of carbonyl (C=O) groups excluding carboxylic acids is 2. The summed E-state index contributed by atoms with van der Waals surface area (Å²) in [6.07, 6.45) is 0.0716. The van der Waals surface area contributed by atoms with Gasteiger partial charge in [-0.15, -0.1) is 0 Å². The molecule has 0 spiro atoms. The van der Waals surface area contributed by atoms with Crippen molar-refractivity contribution in [1.82, 2.24) is 4.90 Å². The van der Waals surface area contributed by atoms with Crippen molar-refractivity contribution in [3.63, 3.8) is 0 Å². The van der Waals surface area contributed by atoms with E-state index in [9.17, 15) is 14.7 Å². The second kappa shape index (κ2) is 6.44. The summed E-state index contributed by atoms with van der Waals surface area (Å²) in [6, 6.07) is -0.546. The number of esters is 1. The van der Waals surface area contributed by atoms with Gasteiger partial charge in [-0.25, -0.2) is 4.79 Å². The smallest absolute Gasteiger partial charge is 0.409 e. The fraction of sp³-hybridized carbons (Fsp3) is 0.818. The van der Waals surface area contributed by atoms with Gasteiger partial charge in [-0.1, -0.05) is 0 Å². The highest BCUT2D eigenvalue weighted by Crippen LogP contribution is 2.21. The average molecular weight is 245 g/mol. The van der Waals surface area contributed by atoms with E-state index in [1.54, 1.807) is 6.92 Å². The zero-order valence-electron chi connectivity index (χ0n) is 10.2. The summed E-state index contributed by atoms with van der Waals surface area (Å²) < 4.78 is 9.46. The quantitative estimate of drug-likeness (QED) is 0.734. The Morgan fingerprint density at radius 3 is 2.76 bits per heavy atom. The van der Waals surface area contributed by atoms with Gasteiger partial charge in [-0.2, -0.15) is 0 Å². The van der Waals surface area contributed by atoms with Crippen LogP contribution in [0.5, 0.6) is 0 Å². The molecule has 0 bridgehead atoms. The molecule has 0 aromatic heterocycles. The zero-order chi connectivity index (χ0) is 12.8. The molecule has 6 heteroatoms. The molecule has 1 rings (SSSR count). The highest BCUT2D eigenvalue weighted by Gasteiger charge is 2.35. The van der Waals surface area contributed by atoms with Gasteiger partial charge < -0.3 is 19.5 Å². The maximum Gasteiger partial charge on any atom is 0.409 e. The van der Waals surface area contributed by atoms with Gasteiger partial charge in [0.05, 0.1) is 32.3 Å². The third kappa shape index (κ3) is 3.59. The van der Waals surface area contributed by atoms with Crippen LogP contribution in [0, 0.1) is 0 Å². The summed E-state index contributed by atoms with van der Waals surface area (Å²) in [5.74, 6) is -0.410. The lowest BCUT2D eigenvalue weighted by atomic mass is 9.96. The number of nitrogens with zero attached hydrogens (tertiary/aromatic N) is 1. The second-order valence-corrected chi connectivity index (χ2v) is 3.95. The minimum Gasteiger partial charge on any atom is -0.466 e. The SMILES string of the molecule is CCOC(=O)C[C@@H]1[C@@H](O)CCCN1C(=O)OC. The van der Waals surface area contributed by atoms with Gasteiger partial charge in [0.2, 0.25) is 0 Å². The second-order valence-electron chi connectivity index (χ2n) is 3.95. The van der Waals surface area contributed by atoms with E-state index in [-0.39, 0.29) is 6.42 Å². The van der Waals surface area contributed by atoms with Crippen LogP contribution < -0.4 is 0 Å². The summed E-state index contributed by atoms with van der Waals surface area (Å²) in [4.78, 5) is 24.3. The number of ether oxygens (including phenoxy) is 2. The van der Waals surface area contributed by atoms with E-state index in [0.717, 1.165) is 0 Å². The van der Waals surface area contributed by atoms with E-state index in [0.29, 0.717) is 26.0 Å². The van der Waals surface area contributed by atoms with E-state index in [4.69, 9.17) is 4.74 Å². The molecule has 0 unspecified atom stereocenters. The predicted octanol–water partition coefficient (Wildman–Crippen LogP) is 0.531. The number of aliphatic hydroxyl groups excluding tert-OH is 1. The largest absolute Gasteiger partial charge is 0.466 e. The first-order valence-electron chi connectivity index (χ1n) is 5.78. The van der Waals surface area contributed by atoms with Gasteiger partial charge >= 0.3 is 12.1 Å². The molecule has 0 radical (unpaired) electrons. The van der Waals surface area contributed by atoms with E-state index in [2.05, 4.69) is 4.74 Å². The van der Waals surface area contributed by atoms with Gasteiger partial charge in [0.25, 0.3) is 0 Å². The Kier molecular flexibility index (Phi) is 5.21. The number of hydrogen-bond acceptors (Lipinski definition) is 5. The van der Waals surface area contributed by atoms with Crippen molar-refractivity contribution >= 4 is 12.1 Å². The van der Waals surface area contributed by atoms with Crippen molar-refractivity contribution in [3.8, 4) is 0 Å². The summed E-state index contributed by atoms with van der Waals surface area (Å²) in [5, 5.41) is 9.84. The van der Waals surface area contributed by atoms with E-state index < -0.39 is 24.2 Å².